The van der Waals surface area contributed by atoms with Crippen molar-refractivity contribution in [2.24, 2.45) is 0 Å². The van der Waals surface area contributed by atoms with Crippen molar-refractivity contribution in [1.82, 2.24) is 14.4 Å². The first kappa shape index (κ1) is 48.5. The third kappa shape index (κ3) is 18.9. The van der Waals surface area contributed by atoms with E-state index in [9.17, 15) is 9.18 Å². The van der Waals surface area contributed by atoms with Crippen LogP contribution in [0.4, 0.5) is 10.1 Å². The molecule has 1 saturated heterocycles. The Labute approximate surface area is 298 Å². The van der Waals surface area contributed by atoms with E-state index in [4.69, 9.17) is 0 Å². The van der Waals surface area contributed by atoms with Gasteiger partial charge in [0.1, 0.15) is 5.78 Å². The van der Waals surface area contributed by atoms with Crippen LogP contribution < -0.4 is 4.90 Å². The number of aromatic nitrogens is 3. The summed E-state index contributed by atoms with van der Waals surface area (Å²) in [7, 11) is 0. The van der Waals surface area contributed by atoms with Gasteiger partial charge in [-0.05, 0) is 69.8 Å². The molecule has 3 aromatic rings. The molecular weight excluding hydrogens is 668 g/mol. The van der Waals surface area contributed by atoms with Crippen LogP contribution in [0.1, 0.15) is 124 Å². The Balaban J connectivity index is -0.000000253. The molecule has 1 fully saturated rings. The third-order valence-electron chi connectivity index (χ3n) is 5.86. The first-order chi connectivity index (χ1) is 19.8. The summed E-state index contributed by atoms with van der Waals surface area (Å²) in [6.45, 7) is 26.2. The second-order valence-corrected chi connectivity index (χ2v) is 9.18. The number of hydrogen-bond acceptors (Lipinski definition) is 4. The van der Waals surface area contributed by atoms with Crippen molar-refractivity contribution in [3.8, 4) is 0 Å². The van der Waals surface area contributed by atoms with E-state index < -0.39 is 0 Å². The molecule has 0 bridgehead atoms. The molecule has 0 amide bonds. The van der Waals surface area contributed by atoms with E-state index in [0.29, 0.717) is 5.65 Å². The van der Waals surface area contributed by atoms with Gasteiger partial charge in [0.15, 0.2) is 11.5 Å². The number of aryl methyl sites for hydroxylation is 3. The molecule has 4 rings (SSSR count). The van der Waals surface area contributed by atoms with Crippen LogP contribution in [-0.2, 0) is 17.6 Å². The molecule has 0 aromatic carbocycles. The summed E-state index contributed by atoms with van der Waals surface area (Å²) < 4.78 is 15.3. The maximum absolute atomic E-state index is 13.5. The predicted molar refractivity (Wildman–Crippen MR) is 184 cm³/mol. The van der Waals surface area contributed by atoms with Gasteiger partial charge in [0.05, 0.1) is 5.69 Å². The van der Waals surface area contributed by atoms with E-state index in [-0.39, 0.29) is 59.9 Å². The van der Waals surface area contributed by atoms with Crippen LogP contribution in [0.2, 0.25) is 0 Å². The zero-order valence-corrected chi connectivity index (χ0v) is 33.1. The minimum Gasteiger partial charge on any atom is -0.404 e. The van der Waals surface area contributed by atoms with Gasteiger partial charge in [-0.2, -0.15) is 6.42 Å². The van der Waals surface area contributed by atoms with E-state index in [1.807, 2.05) is 74.0 Å². The molecule has 0 unspecified atom stereocenters. The van der Waals surface area contributed by atoms with Crippen LogP contribution in [-0.4, -0.2) is 33.2 Å². The molecule has 246 valence electrons. The summed E-state index contributed by atoms with van der Waals surface area (Å²) in [5.41, 5.74) is 6.32. The Bertz CT molecular complexity index is 1080. The van der Waals surface area contributed by atoms with Crippen molar-refractivity contribution in [2.45, 2.75) is 128 Å². The SMILES string of the molecule is CC.CC.CC.CCCC(C)=O.CCCc1c(N2C[CH-]CC2)ccnc1C.CCCc1cc(F)c2nc(C)cn2c1.[CH3-].[Nd]. The number of rotatable bonds is 7. The average Bonchev–Trinajstić information content (AvgIpc) is 3.64. The second-order valence-electron chi connectivity index (χ2n) is 9.18. The number of carbonyl (C=O) groups is 1. The Kier molecular flexibility index (Phi) is 34.5. The van der Waals surface area contributed by atoms with E-state index in [1.165, 1.54) is 36.3 Å². The first-order valence-corrected chi connectivity index (χ1v) is 15.9. The molecule has 4 heterocycles. The summed E-state index contributed by atoms with van der Waals surface area (Å²) in [6.07, 6.45) is 15.3. The molecule has 1 aliphatic heterocycles. The number of pyridine rings is 2. The Hall–Kier alpha value is -1.41. The number of anilines is 1. The first-order valence-electron chi connectivity index (χ1n) is 15.9. The van der Waals surface area contributed by atoms with Crippen molar-refractivity contribution in [2.75, 3.05) is 18.0 Å². The molecule has 0 aliphatic carbocycles. The van der Waals surface area contributed by atoms with Crippen LogP contribution >= 0.6 is 0 Å². The van der Waals surface area contributed by atoms with E-state index in [1.54, 1.807) is 17.4 Å². The normalized spacial score (nSPS) is 10.8. The molecule has 5 nitrogen and oxygen atoms in total. The molecular formula is C36H63FN4NdO-2. The summed E-state index contributed by atoms with van der Waals surface area (Å²) in [6, 6.07) is 3.74. The molecule has 0 N–H and O–H groups in total. The van der Waals surface area contributed by atoms with Gasteiger partial charge in [0.2, 0.25) is 0 Å². The van der Waals surface area contributed by atoms with Crippen molar-refractivity contribution in [3.05, 3.63) is 72.9 Å². The minimum atomic E-state index is -0.232. The van der Waals surface area contributed by atoms with Crippen molar-refractivity contribution < 1.29 is 50.0 Å². The zero-order valence-electron chi connectivity index (χ0n) is 29.9. The van der Waals surface area contributed by atoms with Gasteiger partial charge >= 0.3 is 0 Å². The standard InChI is InChI=1S/C13H19N2.C11H13FN2.C5H10O.3C2H6.CH3.Nd/c1-3-6-12-11(2)14-8-7-13(12)15-9-4-5-10-15;1-3-4-9-5-10(12)11-13-8(2)6-14(11)7-9;1-3-4-5(2)6;3*1-2;;/h4,7-8H,3,5-6,9-10H2,1-2H3;5-7H,3-4H2,1-2H3;3-4H2,1-2H3;3*1-2H3;1H3;/q-1;;;;;;-1;. The Morgan fingerprint density at radius 2 is 1.58 bits per heavy atom. The topological polar surface area (TPSA) is 50.5 Å². The maximum Gasteiger partial charge on any atom is 0.173 e. The predicted octanol–water partition coefficient (Wildman–Crippen LogP) is 10.4. The van der Waals surface area contributed by atoms with E-state index in [0.717, 1.165) is 49.9 Å². The Morgan fingerprint density at radius 3 is 2.05 bits per heavy atom. The van der Waals surface area contributed by atoms with Gasteiger partial charge in [0.25, 0.3) is 0 Å². The summed E-state index contributed by atoms with van der Waals surface area (Å²) in [5.74, 6) is 0.0570. The van der Waals surface area contributed by atoms with Gasteiger partial charge in [-0.3, -0.25) is 4.98 Å². The summed E-state index contributed by atoms with van der Waals surface area (Å²) in [5, 5.41) is 0. The molecule has 0 atom stereocenters. The number of ketones is 1. The summed E-state index contributed by atoms with van der Waals surface area (Å²) >= 11 is 0. The zero-order chi connectivity index (χ0) is 31.8. The number of nitrogens with zero attached hydrogens (tertiary/aromatic N) is 4. The molecule has 0 spiro atoms. The maximum atomic E-state index is 13.5. The van der Waals surface area contributed by atoms with Crippen LogP contribution in [0.3, 0.4) is 0 Å². The number of hydrogen-bond donors (Lipinski definition) is 0. The minimum absolute atomic E-state index is 0. The third-order valence-corrected chi connectivity index (χ3v) is 5.86. The number of Topliss-reactive ketones (excluding diaryl/α,β-unsaturated/α-hetero) is 1. The molecule has 0 saturated carbocycles. The van der Waals surface area contributed by atoms with Gasteiger partial charge in [-0.25, -0.2) is 9.37 Å². The summed E-state index contributed by atoms with van der Waals surface area (Å²) in [4.78, 5) is 21.0. The fourth-order valence-corrected chi connectivity index (χ4v) is 4.26. The number of fused-ring (bicyclic) bond motifs is 1. The van der Waals surface area contributed by atoms with Crippen molar-refractivity contribution in [3.63, 3.8) is 0 Å². The molecule has 0 radical (unpaired) electrons. The van der Waals surface area contributed by atoms with Crippen LogP contribution in [0.15, 0.2) is 30.7 Å². The number of halogens is 1. The van der Waals surface area contributed by atoms with Crippen LogP contribution in [0.25, 0.3) is 5.65 Å². The molecule has 1 aliphatic rings. The largest absolute Gasteiger partial charge is 0.404 e. The fourth-order valence-electron chi connectivity index (χ4n) is 4.26. The number of carbonyl (C=O) groups excluding carboxylic acids is 1. The van der Waals surface area contributed by atoms with Crippen molar-refractivity contribution in [1.29, 1.82) is 0 Å². The van der Waals surface area contributed by atoms with Gasteiger partial charge < -0.3 is 27.9 Å². The average molecular weight is 731 g/mol. The monoisotopic (exact) mass is 728 g/mol. The molecule has 7 heteroatoms. The quantitative estimate of drug-likeness (QED) is 0.227. The van der Waals surface area contributed by atoms with E-state index in [2.05, 4.69) is 48.1 Å². The molecule has 43 heavy (non-hydrogen) atoms. The van der Waals surface area contributed by atoms with Crippen LogP contribution in [0.5, 0.6) is 0 Å². The fraction of sp³-hybridized carbons (Fsp3) is 0.583. The molecule has 3 aromatic heterocycles. The van der Waals surface area contributed by atoms with Gasteiger partial charge in [-0.15, -0.1) is 6.54 Å². The van der Waals surface area contributed by atoms with Gasteiger partial charge in [0, 0.05) is 77.2 Å². The van der Waals surface area contributed by atoms with Gasteiger partial charge in [-0.1, -0.05) is 75.2 Å². The Morgan fingerprint density at radius 1 is 0.977 bits per heavy atom. The second kappa shape index (κ2) is 30.6. The van der Waals surface area contributed by atoms with Crippen molar-refractivity contribution >= 4 is 17.1 Å². The number of imidazole rings is 1. The smallest absolute Gasteiger partial charge is 0.173 e. The van der Waals surface area contributed by atoms with E-state index >= 15 is 0 Å². The van der Waals surface area contributed by atoms with Crippen LogP contribution in [0, 0.1) is 74.4 Å².